The third-order valence-corrected chi connectivity index (χ3v) is 5.26. The standard InChI is InChI=1S/C20H21N5O2/c1-27-18-5-4-12(8-13(18)11-25-6-2-3-7-25)19-21-14-9-16-17(10-15(14)22-19)24-20(26)23-16/h4-5,8-10H,2-3,6-7,11H2,1H3,(H,21,22)(H2,23,24,26). The highest BCUT2D eigenvalue weighted by Crippen LogP contribution is 2.29. The molecule has 7 heteroatoms. The lowest BCUT2D eigenvalue weighted by Gasteiger charge is -2.17. The smallest absolute Gasteiger partial charge is 0.323 e. The minimum atomic E-state index is -0.209. The van der Waals surface area contributed by atoms with Crippen molar-refractivity contribution >= 4 is 22.1 Å². The number of nitrogens with zero attached hydrogens (tertiary/aromatic N) is 2. The van der Waals surface area contributed by atoms with Crippen LogP contribution in [-0.2, 0) is 6.54 Å². The summed E-state index contributed by atoms with van der Waals surface area (Å²) in [6.45, 7) is 3.17. The number of aromatic amines is 3. The van der Waals surface area contributed by atoms with Crippen molar-refractivity contribution in [1.29, 1.82) is 0 Å². The maximum atomic E-state index is 11.5. The van der Waals surface area contributed by atoms with Gasteiger partial charge >= 0.3 is 5.69 Å². The zero-order valence-electron chi connectivity index (χ0n) is 15.1. The molecule has 4 aromatic rings. The van der Waals surface area contributed by atoms with Gasteiger partial charge in [0.15, 0.2) is 0 Å². The fourth-order valence-electron chi connectivity index (χ4n) is 3.91. The SMILES string of the molecule is COc1ccc(-c2nc3cc4[nH]c(=O)[nH]c4cc3[nH]2)cc1CN1CCCC1. The van der Waals surface area contributed by atoms with Crippen LogP contribution in [0.5, 0.6) is 5.75 Å². The van der Waals surface area contributed by atoms with Gasteiger partial charge in [-0.2, -0.15) is 0 Å². The second-order valence-electron chi connectivity index (χ2n) is 7.09. The molecule has 0 aliphatic carbocycles. The monoisotopic (exact) mass is 363 g/mol. The predicted molar refractivity (Wildman–Crippen MR) is 105 cm³/mol. The van der Waals surface area contributed by atoms with Crippen LogP contribution < -0.4 is 10.4 Å². The Morgan fingerprint density at radius 2 is 1.81 bits per heavy atom. The Bertz CT molecular complexity index is 1130. The van der Waals surface area contributed by atoms with Crippen molar-refractivity contribution in [2.45, 2.75) is 19.4 Å². The first-order valence-corrected chi connectivity index (χ1v) is 9.21. The normalized spacial score (nSPS) is 15.1. The molecular formula is C20H21N5O2. The molecule has 0 saturated carbocycles. The fourth-order valence-corrected chi connectivity index (χ4v) is 3.91. The van der Waals surface area contributed by atoms with E-state index in [1.807, 2.05) is 24.3 Å². The van der Waals surface area contributed by atoms with Gasteiger partial charge in [0.05, 0.1) is 29.2 Å². The number of imidazole rings is 2. The number of nitrogens with one attached hydrogen (secondary N) is 3. The zero-order chi connectivity index (χ0) is 18.4. The number of hydrogen-bond donors (Lipinski definition) is 3. The van der Waals surface area contributed by atoms with Gasteiger partial charge in [-0.1, -0.05) is 0 Å². The van der Waals surface area contributed by atoms with Crippen LogP contribution in [-0.4, -0.2) is 45.0 Å². The van der Waals surface area contributed by atoms with E-state index >= 15 is 0 Å². The van der Waals surface area contributed by atoms with E-state index in [2.05, 4.69) is 25.9 Å². The van der Waals surface area contributed by atoms with Crippen molar-refractivity contribution < 1.29 is 4.74 Å². The Kier molecular flexibility index (Phi) is 3.75. The molecule has 27 heavy (non-hydrogen) atoms. The molecule has 138 valence electrons. The van der Waals surface area contributed by atoms with Gasteiger partial charge in [-0.3, -0.25) is 4.90 Å². The number of fused-ring (bicyclic) bond motifs is 2. The predicted octanol–water partition coefficient (Wildman–Crippen LogP) is 3.00. The van der Waals surface area contributed by atoms with E-state index < -0.39 is 0 Å². The van der Waals surface area contributed by atoms with Crippen molar-refractivity contribution in [3.05, 3.63) is 46.4 Å². The van der Waals surface area contributed by atoms with E-state index in [-0.39, 0.29) is 5.69 Å². The van der Waals surface area contributed by atoms with Crippen molar-refractivity contribution in [2.24, 2.45) is 0 Å². The lowest BCUT2D eigenvalue weighted by atomic mass is 10.1. The van der Waals surface area contributed by atoms with E-state index in [9.17, 15) is 4.79 Å². The quantitative estimate of drug-likeness (QED) is 0.520. The van der Waals surface area contributed by atoms with Crippen LogP contribution in [0.2, 0.25) is 0 Å². The van der Waals surface area contributed by atoms with Gasteiger partial charge in [0, 0.05) is 17.7 Å². The first kappa shape index (κ1) is 16.1. The molecule has 0 atom stereocenters. The number of hydrogen-bond acceptors (Lipinski definition) is 4. The van der Waals surface area contributed by atoms with Gasteiger partial charge in [0.2, 0.25) is 0 Å². The van der Waals surface area contributed by atoms with E-state index in [0.717, 1.165) is 58.8 Å². The van der Waals surface area contributed by atoms with Gasteiger partial charge in [0.1, 0.15) is 11.6 Å². The highest BCUT2D eigenvalue weighted by Gasteiger charge is 2.16. The van der Waals surface area contributed by atoms with Gasteiger partial charge < -0.3 is 19.7 Å². The molecule has 1 fully saturated rings. The van der Waals surface area contributed by atoms with E-state index in [1.165, 1.54) is 18.4 Å². The number of rotatable bonds is 4. The molecule has 1 aliphatic rings. The first-order chi connectivity index (χ1) is 13.2. The molecule has 1 saturated heterocycles. The molecule has 0 bridgehead atoms. The summed E-state index contributed by atoms with van der Waals surface area (Å²) in [5, 5.41) is 0. The van der Waals surface area contributed by atoms with Crippen molar-refractivity contribution in [2.75, 3.05) is 20.2 Å². The number of methoxy groups -OCH3 is 1. The third kappa shape index (κ3) is 2.90. The fraction of sp³-hybridized carbons (Fsp3) is 0.300. The number of benzene rings is 2. The Labute approximate surface area is 155 Å². The summed E-state index contributed by atoms with van der Waals surface area (Å²) >= 11 is 0. The number of H-pyrrole nitrogens is 3. The topological polar surface area (TPSA) is 89.8 Å². The molecule has 2 aromatic carbocycles. The van der Waals surface area contributed by atoms with E-state index in [4.69, 9.17) is 9.72 Å². The first-order valence-electron chi connectivity index (χ1n) is 9.21. The highest BCUT2D eigenvalue weighted by molar-refractivity contribution is 5.92. The number of aromatic nitrogens is 4. The Hall–Kier alpha value is -3.06. The summed E-state index contributed by atoms with van der Waals surface area (Å²) in [4.78, 5) is 27.6. The molecule has 7 nitrogen and oxygen atoms in total. The maximum Gasteiger partial charge on any atom is 0.323 e. The van der Waals surface area contributed by atoms with Gasteiger partial charge in [-0.25, -0.2) is 9.78 Å². The molecule has 0 amide bonds. The lowest BCUT2D eigenvalue weighted by molar-refractivity contribution is 0.321. The summed E-state index contributed by atoms with van der Waals surface area (Å²) in [5.74, 6) is 1.72. The Morgan fingerprint density at radius 1 is 1.04 bits per heavy atom. The lowest BCUT2D eigenvalue weighted by Crippen LogP contribution is -2.18. The van der Waals surface area contributed by atoms with Crippen molar-refractivity contribution in [3.8, 4) is 17.1 Å². The van der Waals surface area contributed by atoms with E-state index in [1.54, 1.807) is 7.11 Å². The largest absolute Gasteiger partial charge is 0.496 e. The van der Waals surface area contributed by atoms with Gasteiger partial charge in [-0.15, -0.1) is 0 Å². The van der Waals surface area contributed by atoms with Crippen LogP contribution in [0.25, 0.3) is 33.5 Å². The summed E-state index contributed by atoms with van der Waals surface area (Å²) < 4.78 is 5.56. The summed E-state index contributed by atoms with van der Waals surface area (Å²) in [7, 11) is 1.71. The second-order valence-corrected chi connectivity index (χ2v) is 7.09. The van der Waals surface area contributed by atoms with Crippen LogP contribution in [0.4, 0.5) is 0 Å². The van der Waals surface area contributed by atoms with E-state index in [0.29, 0.717) is 0 Å². The minimum Gasteiger partial charge on any atom is -0.496 e. The molecule has 0 spiro atoms. The van der Waals surface area contributed by atoms with Gasteiger partial charge in [0.25, 0.3) is 0 Å². The molecule has 2 aromatic heterocycles. The molecule has 0 radical (unpaired) electrons. The van der Waals surface area contributed by atoms with Crippen LogP contribution in [0.3, 0.4) is 0 Å². The molecular weight excluding hydrogens is 342 g/mol. The highest BCUT2D eigenvalue weighted by atomic mass is 16.5. The molecule has 5 rings (SSSR count). The average Bonchev–Trinajstić information content (AvgIpc) is 3.38. The van der Waals surface area contributed by atoms with Crippen LogP contribution >= 0.6 is 0 Å². The summed E-state index contributed by atoms with van der Waals surface area (Å²) in [5.41, 5.74) is 5.24. The molecule has 3 heterocycles. The maximum absolute atomic E-state index is 11.5. The van der Waals surface area contributed by atoms with Gasteiger partial charge in [-0.05, 0) is 56.3 Å². The average molecular weight is 363 g/mol. The molecule has 1 aliphatic heterocycles. The van der Waals surface area contributed by atoms with Crippen LogP contribution in [0.15, 0.2) is 35.1 Å². The Morgan fingerprint density at radius 3 is 2.59 bits per heavy atom. The minimum absolute atomic E-state index is 0.209. The molecule has 3 N–H and O–H groups in total. The summed E-state index contributed by atoms with van der Waals surface area (Å²) in [6.07, 6.45) is 2.53. The second kappa shape index (κ2) is 6.28. The zero-order valence-corrected chi connectivity index (χ0v) is 15.1. The summed E-state index contributed by atoms with van der Waals surface area (Å²) in [6, 6.07) is 9.99. The third-order valence-electron chi connectivity index (χ3n) is 5.26. The van der Waals surface area contributed by atoms with Crippen LogP contribution in [0.1, 0.15) is 18.4 Å². The van der Waals surface area contributed by atoms with Crippen LogP contribution in [0, 0.1) is 0 Å². The number of ether oxygens (including phenoxy) is 1. The number of likely N-dealkylation sites (tertiary alicyclic amines) is 1. The van der Waals surface area contributed by atoms with Crippen molar-refractivity contribution in [1.82, 2.24) is 24.8 Å². The molecule has 0 unspecified atom stereocenters. The Balaban J connectivity index is 1.55. The van der Waals surface area contributed by atoms with Crippen molar-refractivity contribution in [3.63, 3.8) is 0 Å².